The number of halogens is 1. The molecule has 2 unspecified atom stereocenters. The van der Waals surface area contributed by atoms with Crippen molar-refractivity contribution < 1.29 is 14.1 Å². The molecule has 1 amide bonds. The molecule has 1 aromatic rings. The first kappa shape index (κ1) is 15.9. The van der Waals surface area contributed by atoms with Gasteiger partial charge in [0.25, 0.3) is 11.6 Å². The summed E-state index contributed by atoms with van der Waals surface area (Å²) in [5.41, 5.74) is 5.47. The monoisotopic (exact) mass is 321 g/mol. The molecule has 23 heavy (non-hydrogen) atoms. The Balaban J connectivity index is 1.81. The Morgan fingerprint density at radius 2 is 1.96 bits per heavy atom. The number of carbonyl (C=O) groups excluding carboxylic acids is 1. The van der Waals surface area contributed by atoms with Crippen LogP contribution < -0.4 is 11.1 Å². The van der Waals surface area contributed by atoms with Crippen molar-refractivity contribution in [1.29, 1.82) is 0 Å². The zero-order chi connectivity index (χ0) is 16.6. The number of nitrogens with one attached hydrogen (secondary N) is 1. The third-order valence-electron chi connectivity index (χ3n) is 5.08. The fourth-order valence-corrected chi connectivity index (χ4v) is 4.10. The minimum Gasteiger partial charge on any atom is -0.349 e. The predicted octanol–water partition coefficient (Wildman–Crippen LogP) is 2.37. The Morgan fingerprint density at radius 1 is 1.30 bits per heavy atom. The number of carbonyl (C=O) groups is 1. The molecule has 3 rings (SSSR count). The Labute approximate surface area is 133 Å². The SMILES string of the molecule is NC1CC2CCCC(C1)C2NC(=O)c1ccc(F)cc1[N+](=O)[O-]. The zero-order valence-electron chi connectivity index (χ0n) is 12.7. The molecule has 0 radical (unpaired) electrons. The van der Waals surface area contributed by atoms with Crippen LogP contribution in [0.2, 0.25) is 0 Å². The summed E-state index contributed by atoms with van der Waals surface area (Å²) in [5, 5.41) is 14.0. The quantitative estimate of drug-likeness (QED) is 0.659. The summed E-state index contributed by atoms with van der Waals surface area (Å²) in [6.45, 7) is 0. The van der Waals surface area contributed by atoms with Crippen molar-refractivity contribution in [3.63, 3.8) is 0 Å². The summed E-state index contributed by atoms with van der Waals surface area (Å²) >= 11 is 0. The molecule has 0 aromatic heterocycles. The number of nitro benzene ring substituents is 1. The lowest BCUT2D eigenvalue weighted by Gasteiger charge is -2.45. The van der Waals surface area contributed by atoms with Gasteiger partial charge in [0.2, 0.25) is 0 Å². The van der Waals surface area contributed by atoms with Crippen LogP contribution >= 0.6 is 0 Å². The number of benzene rings is 1. The molecule has 2 bridgehead atoms. The summed E-state index contributed by atoms with van der Waals surface area (Å²) < 4.78 is 13.2. The van der Waals surface area contributed by atoms with Crippen LogP contribution in [0.3, 0.4) is 0 Å². The topological polar surface area (TPSA) is 98.3 Å². The van der Waals surface area contributed by atoms with Gasteiger partial charge in [0, 0.05) is 12.1 Å². The van der Waals surface area contributed by atoms with Gasteiger partial charge in [0.15, 0.2) is 0 Å². The van der Waals surface area contributed by atoms with Crippen molar-refractivity contribution in [2.24, 2.45) is 17.6 Å². The maximum atomic E-state index is 13.2. The molecule has 7 heteroatoms. The molecule has 2 aliphatic rings. The van der Waals surface area contributed by atoms with Crippen molar-refractivity contribution >= 4 is 11.6 Å². The van der Waals surface area contributed by atoms with E-state index in [0.717, 1.165) is 44.2 Å². The Morgan fingerprint density at radius 3 is 2.57 bits per heavy atom. The van der Waals surface area contributed by atoms with Crippen molar-refractivity contribution in [2.45, 2.75) is 44.2 Å². The highest BCUT2D eigenvalue weighted by Gasteiger charge is 2.40. The van der Waals surface area contributed by atoms with Gasteiger partial charge in [-0.25, -0.2) is 4.39 Å². The van der Waals surface area contributed by atoms with E-state index in [2.05, 4.69) is 5.32 Å². The minimum atomic E-state index is -0.728. The van der Waals surface area contributed by atoms with E-state index in [4.69, 9.17) is 5.73 Å². The smallest absolute Gasteiger partial charge is 0.285 e. The van der Waals surface area contributed by atoms with E-state index in [1.54, 1.807) is 0 Å². The van der Waals surface area contributed by atoms with Gasteiger partial charge in [-0.1, -0.05) is 6.42 Å². The first-order chi connectivity index (χ1) is 11.0. The molecule has 6 nitrogen and oxygen atoms in total. The summed E-state index contributed by atoms with van der Waals surface area (Å²) in [6, 6.07) is 3.19. The molecule has 0 saturated heterocycles. The number of rotatable bonds is 3. The van der Waals surface area contributed by atoms with Crippen LogP contribution in [0.4, 0.5) is 10.1 Å². The third kappa shape index (κ3) is 3.19. The summed E-state index contributed by atoms with van der Waals surface area (Å²) in [4.78, 5) is 22.8. The van der Waals surface area contributed by atoms with E-state index in [9.17, 15) is 19.3 Å². The van der Waals surface area contributed by atoms with Crippen LogP contribution in [-0.4, -0.2) is 22.9 Å². The molecule has 3 N–H and O–H groups in total. The summed E-state index contributed by atoms with van der Waals surface area (Å²) in [7, 11) is 0. The number of hydrogen-bond acceptors (Lipinski definition) is 4. The van der Waals surface area contributed by atoms with Crippen molar-refractivity contribution in [3.8, 4) is 0 Å². The van der Waals surface area contributed by atoms with E-state index < -0.39 is 22.3 Å². The minimum absolute atomic E-state index is 0.000655. The molecule has 1 aromatic carbocycles. The molecule has 2 atom stereocenters. The van der Waals surface area contributed by atoms with Crippen LogP contribution in [0.1, 0.15) is 42.5 Å². The maximum absolute atomic E-state index is 13.2. The van der Waals surface area contributed by atoms with Gasteiger partial charge in [-0.2, -0.15) is 0 Å². The number of amides is 1. The lowest BCUT2D eigenvalue weighted by atomic mass is 9.67. The Bertz CT molecular complexity index is 623. The first-order valence-corrected chi connectivity index (χ1v) is 7.96. The Hall–Kier alpha value is -2.02. The van der Waals surface area contributed by atoms with E-state index >= 15 is 0 Å². The van der Waals surface area contributed by atoms with Crippen molar-refractivity contribution in [1.82, 2.24) is 5.32 Å². The molecule has 2 saturated carbocycles. The van der Waals surface area contributed by atoms with Gasteiger partial charge < -0.3 is 11.1 Å². The molecule has 2 aliphatic carbocycles. The fourth-order valence-electron chi connectivity index (χ4n) is 4.10. The number of nitrogens with zero attached hydrogens (tertiary/aromatic N) is 1. The van der Waals surface area contributed by atoms with E-state index in [0.29, 0.717) is 11.8 Å². The normalized spacial score (nSPS) is 29.8. The largest absolute Gasteiger partial charge is 0.349 e. The van der Waals surface area contributed by atoms with Crippen molar-refractivity contribution in [2.75, 3.05) is 0 Å². The van der Waals surface area contributed by atoms with Gasteiger partial charge in [0.05, 0.1) is 11.0 Å². The molecular weight excluding hydrogens is 301 g/mol. The highest BCUT2D eigenvalue weighted by Crippen LogP contribution is 2.39. The molecule has 0 aliphatic heterocycles. The fraction of sp³-hybridized carbons (Fsp3) is 0.562. The highest BCUT2D eigenvalue weighted by atomic mass is 19.1. The van der Waals surface area contributed by atoms with E-state index in [1.807, 2.05) is 0 Å². The molecule has 0 spiro atoms. The molecule has 124 valence electrons. The number of nitrogens with two attached hydrogens (primary N) is 1. The average molecular weight is 321 g/mol. The summed E-state index contributed by atoms with van der Waals surface area (Å²) in [6.07, 6.45) is 4.90. The molecule has 2 fully saturated rings. The lowest BCUT2D eigenvalue weighted by Crippen LogP contribution is -2.53. The van der Waals surface area contributed by atoms with Gasteiger partial charge in [-0.05, 0) is 49.7 Å². The Kier molecular flexibility index (Phi) is 4.30. The van der Waals surface area contributed by atoms with Gasteiger partial charge in [0.1, 0.15) is 11.4 Å². The van der Waals surface area contributed by atoms with Crippen LogP contribution in [0.25, 0.3) is 0 Å². The maximum Gasteiger partial charge on any atom is 0.285 e. The second-order valence-electron chi connectivity index (χ2n) is 6.60. The van der Waals surface area contributed by atoms with Crippen LogP contribution in [0.5, 0.6) is 0 Å². The summed E-state index contributed by atoms with van der Waals surface area (Å²) in [5.74, 6) is -0.593. The molecular formula is C16H20FN3O3. The van der Waals surface area contributed by atoms with Gasteiger partial charge >= 0.3 is 0 Å². The zero-order valence-corrected chi connectivity index (χ0v) is 12.7. The highest BCUT2D eigenvalue weighted by molar-refractivity contribution is 5.98. The van der Waals surface area contributed by atoms with E-state index in [-0.39, 0.29) is 17.6 Å². The lowest BCUT2D eigenvalue weighted by molar-refractivity contribution is -0.385. The number of nitro groups is 1. The predicted molar refractivity (Wildman–Crippen MR) is 82.3 cm³/mol. The van der Waals surface area contributed by atoms with Crippen molar-refractivity contribution in [3.05, 3.63) is 39.7 Å². The van der Waals surface area contributed by atoms with Crippen LogP contribution in [-0.2, 0) is 0 Å². The van der Waals surface area contributed by atoms with Gasteiger partial charge in [-0.15, -0.1) is 0 Å². The molecule has 0 heterocycles. The van der Waals surface area contributed by atoms with Crippen LogP contribution in [0.15, 0.2) is 18.2 Å². The number of fused-ring (bicyclic) bond motifs is 2. The standard InChI is InChI=1S/C16H20FN3O3/c17-11-4-5-13(14(8-11)20(22)23)16(21)19-15-9-2-1-3-10(15)7-12(18)6-9/h4-5,8-10,12,15H,1-3,6-7,18H2,(H,19,21). The van der Waals surface area contributed by atoms with E-state index in [1.165, 1.54) is 6.07 Å². The average Bonchev–Trinajstić information content (AvgIpc) is 2.47. The number of hydrogen-bond donors (Lipinski definition) is 2. The third-order valence-corrected chi connectivity index (χ3v) is 5.08. The second kappa shape index (κ2) is 6.23. The second-order valence-corrected chi connectivity index (χ2v) is 6.60. The van der Waals surface area contributed by atoms with Crippen LogP contribution in [0, 0.1) is 27.8 Å². The van der Waals surface area contributed by atoms with Gasteiger partial charge in [-0.3, -0.25) is 14.9 Å². The first-order valence-electron chi connectivity index (χ1n) is 7.96.